The highest BCUT2D eigenvalue weighted by molar-refractivity contribution is 5.87. The maximum absolute atomic E-state index is 5.90. The van der Waals surface area contributed by atoms with Gasteiger partial charge in [0, 0.05) is 11.1 Å². The second kappa shape index (κ2) is 9.44. The zero-order chi connectivity index (χ0) is 20.8. The Kier molecular flexibility index (Phi) is 6.28. The van der Waals surface area contributed by atoms with Crippen LogP contribution in [0.4, 0.5) is 0 Å². The summed E-state index contributed by atoms with van der Waals surface area (Å²) in [6.45, 7) is 2.98. The van der Waals surface area contributed by atoms with Crippen LogP contribution in [0, 0.1) is 0 Å². The number of rotatable bonds is 9. The first-order valence-corrected chi connectivity index (χ1v) is 10.4. The summed E-state index contributed by atoms with van der Waals surface area (Å²) in [5, 5.41) is 10.6. The maximum Gasteiger partial charge on any atom is 0.248 e. The van der Waals surface area contributed by atoms with E-state index in [9.17, 15) is 0 Å². The molecular weight excluding hydrogens is 376 g/mol. The highest BCUT2D eigenvalue weighted by atomic mass is 16.5. The van der Waals surface area contributed by atoms with E-state index in [0.29, 0.717) is 11.8 Å². The van der Waals surface area contributed by atoms with Crippen molar-refractivity contribution in [2.45, 2.75) is 32.6 Å². The van der Waals surface area contributed by atoms with Crippen LogP contribution in [-0.2, 0) is 0 Å². The van der Waals surface area contributed by atoms with Crippen molar-refractivity contribution in [2.75, 3.05) is 13.7 Å². The van der Waals surface area contributed by atoms with Crippen molar-refractivity contribution in [1.82, 2.24) is 10.2 Å². The fourth-order valence-electron chi connectivity index (χ4n) is 3.36. The topological polar surface area (TPSA) is 57.4 Å². The summed E-state index contributed by atoms with van der Waals surface area (Å²) >= 11 is 0. The summed E-state index contributed by atoms with van der Waals surface area (Å²) in [4.78, 5) is 0. The SMILES string of the molecule is CCCCCCOc1ccc2cc(-c3nnc(-c4ccc(OC)cc4)o3)ccc2c1. The van der Waals surface area contributed by atoms with Crippen LogP contribution in [0.15, 0.2) is 65.1 Å². The smallest absolute Gasteiger partial charge is 0.248 e. The molecule has 0 aliphatic carbocycles. The van der Waals surface area contributed by atoms with Gasteiger partial charge in [0.1, 0.15) is 11.5 Å². The average Bonchev–Trinajstić information content (AvgIpc) is 3.29. The van der Waals surface area contributed by atoms with Crippen molar-refractivity contribution in [2.24, 2.45) is 0 Å². The molecule has 0 atom stereocenters. The van der Waals surface area contributed by atoms with Gasteiger partial charge in [-0.1, -0.05) is 38.3 Å². The minimum absolute atomic E-state index is 0.486. The molecule has 0 aliphatic heterocycles. The maximum atomic E-state index is 5.90. The minimum atomic E-state index is 0.486. The van der Waals surface area contributed by atoms with Gasteiger partial charge >= 0.3 is 0 Å². The summed E-state index contributed by atoms with van der Waals surface area (Å²) in [7, 11) is 1.64. The number of hydrogen-bond donors (Lipinski definition) is 0. The molecule has 4 rings (SSSR count). The van der Waals surface area contributed by atoms with Gasteiger partial charge in [-0.2, -0.15) is 0 Å². The second-order valence-electron chi connectivity index (χ2n) is 7.27. The molecule has 30 heavy (non-hydrogen) atoms. The zero-order valence-electron chi connectivity index (χ0n) is 17.4. The van der Waals surface area contributed by atoms with Crippen molar-refractivity contribution in [3.63, 3.8) is 0 Å². The van der Waals surface area contributed by atoms with E-state index in [1.165, 1.54) is 19.3 Å². The largest absolute Gasteiger partial charge is 0.497 e. The van der Waals surface area contributed by atoms with Gasteiger partial charge in [0.25, 0.3) is 0 Å². The Morgan fingerprint density at radius 1 is 0.733 bits per heavy atom. The zero-order valence-corrected chi connectivity index (χ0v) is 17.4. The first-order chi connectivity index (χ1) is 14.8. The van der Waals surface area contributed by atoms with Crippen molar-refractivity contribution < 1.29 is 13.9 Å². The molecule has 0 N–H and O–H groups in total. The van der Waals surface area contributed by atoms with Crippen molar-refractivity contribution in [3.05, 3.63) is 60.7 Å². The Morgan fingerprint density at radius 3 is 2.17 bits per heavy atom. The number of hydrogen-bond acceptors (Lipinski definition) is 5. The third kappa shape index (κ3) is 4.62. The fraction of sp³-hybridized carbons (Fsp3) is 0.280. The van der Waals surface area contributed by atoms with Gasteiger partial charge in [0.15, 0.2) is 0 Å². The summed E-state index contributed by atoms with van der Waals surface area (Å²) in [6.07, 6.45) is 4.81. The van der Waals surface area contributed by atoms with Crippen LogP contribution in [0.2, 0.25) is 0 Å². The van der Waals surface area contributed by atoms with E-state index in [4.69, 9.17) is 13.9 Å². The van der Waals surface area contributed by atoms with Crippen LogP contribution >= 0.6 is 0 Å². The Bertz CT molecular complexity index is 1100. The molecule has 0 aliphatic rings. The lowest BCUT2D eigenvalue weighted by molar-refractivity contribution is 0.305. The molecule has 0 fully saturated rings. The minimum Gasteiger partial charge on any atom is -0.497 e. The van der Waals surface area contributed by atoms with Crippen LogP contribution in [0.1, 0.15) is 32.6 Å². The molecule has 5 nitrogen and oxygen atoms in total. The third-order valence-corrected chi connectivity index (χ3v) is 5.09. The number of ether oxygens (including phenoxy) is 2. The van der Waals surface area contributed by atoms with Crippen LogP contribution in [0.3, 0.4) is 0 Å². The van der Waals surface area contributed by atoms with E-state index in [1.54, 1.807) is 7.11 Å². The molecule has 0 radical (unpaired) electrons. The number of methoxy groups -OCH3 is 1. The number of fused-ring (bicyclic) bond motifs is 1. The first kappa shape index (κ1) is 20.0. The van der Waals surface area contributed by atoms with Crippen molar-refractivity contribution in [1.29, 1.82) is 0 Å². The van der Waals surface area contributed by atoms with Gasteiger partial charge in [0.2, 0.25) is 11.8 Å². The van der Waals surface area contributed by atoms with E-state index in [0.717, 1.165) is 46.4 Å². The number of benzene rings is 3. The molecule has 0 saturated carbocycles. The second-order valence-corrected chi connectivity index (χ2v) is 7.27. The molecule has 0 spiro atoms. The van der Waals surface area contributed by atoms with Gasteiger partial charge in [-0.05, 0) is 65.7 Å². The number of nitrogens with zero attached hydrogens (tertiary/aromatic N) is 2. The molecule has 0 saturated heterocycles. The molecule has 0 bridgehead atoms. The molecule has 5 heteroatoms. The number of unbranched alkanes of at least 4 members (excludes halogenated alkanes) is 3. The van der Waals surface area contributed by atoms with Gasteiger partial charge in [-0.15, -0.1) is 10.2 Å². The van der Waals surface area contributed by atoms with E-state index in [2.05, 4.69) is 41.4 Å². The van der Waals surface area contributed by atoms with Gasteiger partial charge in [0.05, 0.1) is 13.7 Å². The first-order valence-electron chi connectivity index (χ1n) is 10.4. The lowest BCUT2D eigenvalue weighted by Gasteiger charge is -2.07. The average molecular weight is 402 g/mol. The van der Waals surface area contributed by atoms with Gasteiger partial charge in [-0.3, -0.25) is 0 Å². The fourth-order valence-corrected chi connectivity index (χ4v) is 3.36. The quantitative estimate of drug-likeness (QED) is 0.298. The predicted molar refractivity (Wildman–Crippen MR) is 119 cm³/mol. The summed E-state index contributed by atoms with van der Waals surface area (Å²) in [5.74, 6) is 2.68. The molecular formula is C25H26N2O3. The molecule has 0 unspecified atom stereocenters. The lowest BCUT2D eigenvalue weighted by atomic mass is 10.1. The molecule has 3 aromatic carbocycles. The lowest BCUT2D eigenvalue weighted by Crippen LogP contribution is -1.97. The van der Waals surface area contributed by atoms with Crippen molar-refractivity contribution in [3.8, 4) is 34.4 Å². The van der Waals surface area contributed by atoms with E-state index < -0.39 is 0 Å². The highest BCUT2D eigenvalue weighted by Gasteiger charge is 2.11. The summed E-state index contributed by atoms with van der Waals surface area (Å²) in [5.41, 5.74) is 1.75. The standard InChI is InChI=1S/C25H26N2O3/c1-3-4-5-6-15-29-23-14-11-19-16-21(8-7-20(19)17-23)25-27-26-24(30-25)18-9-12-22(28-2)13-10-18/h7-14,16-17H,3-6,15H2,1-2H3. The molecule has 0 amide bonds. The van der Waals surface area contributed by atoms with Crippen LogP contribution in [0.5, 0.6) is 11.5 Å². The summed E-state index contributed by atoms with van der Waals surface area (Å²) in [6, 6.07) is 19.8. The van der Waals surface area contributed by atoms with E-state index in [1.807, 2.05) is 36.4 Å². The molecule has 4 aromatic rings. The molecule has 1 aromatic heterocycles. The number of aromatic nitrogens is 2. The van der Waals surface area contributed by atoms with Crippen molar-refractivity contribution >= 4 is 10.8 Å². The predicted octanol–water partition coefficient (Wildman–Crippen LogP) is 6.52. The Labute approximate surface area is 176 Å². The van der Waals surface area contributed by atoms with Gasteiger partial charge in [-0.25, -0.2) is 0 Å². The molecule has 1 heterocycles. The van der Waals surface area contributed by atoms with E-state index >= 15 is 0 Å². The molecule has 154 valence electrons. The monoisotopic (exact) mass is 402 g/mol. The van der Waals surface area contributed by atoms with E-state index in [-0.39, 0.29) is 0 Å². The van der Waals surface area contributed by atoms with Crippen LogP contribution in [-0.4, -0.2) is 23.9 Å². The Hall–Kier alpha value is -3.34. The van der Waals surface area contributed by atoms with Crippen LogP contribution < -0.4 is 9.47 Å². The highest BCUT2D eigenvalue weighted by Crippen LogP contribution is 2.29. The van der Waals surface area contributed by atoms with Gasteiger partial charge < -0.3 is 13.9 Å². The Balaban J connectivity index is 1.48. The third-order valence-electron chi connectivity index (χ3n) is 5.09. The summed E-state index contributed by atoms with van der Waals surface area (Å²) < 4.78 is 17.0. The Morgan fingerprint density at radius 2 is 1.40 bits per heavy atom. The normalized spacial score (nSPS) is 11.0. The van der Waals surface area contributed by atoms with Crippen LogP contribution in [0.25, 0.3) is 33.7 Å².